The normalized spacial score (nSPS) is 16.8. The molecule has 0 unspecified atom stereocenters. The number of aliphatic hydroxyl groups is 1. The highest BCUT2D eigenvalue weighted by Crippen LogP contribution is 2.39. The number of nitrogens with zero attached hydrogens (tertiary/aromatic N) is 6. The molecular weight excluding hydrogens is 494 g/mol. The Labute approximate surface area is 219 Å². The van der Waals surface area contributed by atoms with Gasteiger partial charge in [-0.05, 0) is 19.3 Å². The van der Waals surface area contributed by atoms with Gasteiger partial charge in [0.15, 0.2) is 11.5 Å². The van der Waals surface area contributed by atoms with Crippen LogP contribution in [0, 0.1) is 0 Å². The second-order valence-electron chi connectivity index (χ2n) is 9.10. The predicted molar refractivity (Wildman–Crippen MR) is 138 cm³/mol. The molecule has 1 atom stereocenters. The van der Waals surface area contributed by atoms with Crippen LogP contribution in [0.5, 0.6) is 17.2 Å². The summed E-state index contributed by atoms with van der Waals surface area (Å²) in [5, 5.41) is 22.7. The first-order chi connectivity index (χ1) is 18.4. The molecule has 2 aromatic heterocycles. The summed E-state index contributed by atoms with van der Waals surface area (Å²) in [6, 6.07) is 3.57. The fourth-order valence-electron chi connectivity index (χ4n) is 4.97. The van der Waals surface area contributed by atoms with Gasteiger partial charge in [-0.25, -0.2) is 14.8 Å². The van der Waals surface area contributed by atoms with E-state index in [2.05, 4.69) is 10.3 Å². The zero-order valence-electron chi connectivity index (χ0n) is 21.5. The molecule has 0 aliphatic carbocycles. The van der Waals surface area contributed by atoms with Crippen LogP contribution in [0.3, 0.4) is 0 Å². The van der Waals surface area contributed by atoms with Crippen LogP contribution >= 0.6 is 0 Å². The maximum Gasteiger partial charge on any atom is 0.407 e. The second-order valence-corrected chi connectivity index (χ2v) is 9.10. The standard InChI is InChI=1S/C25H31N7O6/c1-36-19-9-16(10-20(37-2)22(19)38-3)31-12-21(26-14-31)28-23-17-6-8-30(25(34)35)11-18(17)27-24(29-23)32-7-4-5-15(32)13-33/h9-10,12,14-15,33H,4-8,11,13H2,1-3H3,(H,34,35)(H,27,28,29)/t15-/m0/s1. The van der Waals surface area contributed by atoms with Gasteiger partial charge in [0, 0.05) is 30.8 Å². The Morgan fingerprint density at radius 3 is 2.55 bits per heavy atom. The molecule has 3 aromatic rings. The van der Waals surface area contributed by atoms with Crippen LogP contribution in [0.2, 0.25) is 0 Å². The molecule has 0 bridgehead atoms. The van der Waals surface area contributed by atoms with Crippen molar-refractivity contribution in [3.63, 3.8) is 0 Å². The molecule has 38 heavy (non-hydrogen) atoms. The first kappa shape index (κ1) is 25.4. The van der Waals surface area contributed by atoms with Gasteiger partial charge in [0.2, 0.25) is 11.7 Å². The van der Waals surface area contributed by atoms with E-state index in [0.717, 1.165) is 30.6 Å². The van der Waals surface area contributed by atoms with E-state index in [1.54, 1.807) is 27.7 Å². The van der Waals surface area contributed by atoms with Crippen LogP contribution in [-0.4, -0.2) is 87.8 Å². The van der Waals surface area contributed by atoms with E-state index >= 15 is 0 Å². The molecule has 5 rings (SSSR count). The number of carboxylic acid groups (broad SMARTS) is 1. The van der Waals surface area contributed by atoms with Gasteiger partial charge in [-0.2, -0.15) is 4.98 Å². The summed E-state index contributed by atoms with van der Waals surface area (Å²) < 4.78 is 18.2. The van der Waals surface area contributed by atoms with Gasteiger partial charge < -0.3 is 44.1 Å². The Balaban J connectivity index is 1.49. The molecule has 1 saturated heterocycles. The van der Waals surface area contributed by atoms with Crippen LogP contribution < -0.4 is 24.4 Å². The number of hydrogen-bond donors (Lipinski definition) is 3. The molecule has 0 radical (unpaired) electrons. The maximum absolute atomic E-state index is 11.6. The minimum absolute atomic E-state index is 0.00362. The Bertz CT molecular complexity index is 1300. The zero-order chi connectivity index (χ0) is 26.8. The summed E-state index contributed by atoms with van der Waals surface area (Å²) in [4.78, 5) is 29.0. The largest absolute Gasteiger partial charge is 0.493 e. The van der Waals surface area contributed by atoms with Gasteiger partial charge in [0.05, 0.1) is 58.1 Å². The number of rotatable bonds is 8. The third kappa shape index (κ3) is 4.72. The fourth-order valence-corrected chi connectivity index (χ4v) is 4.97. The van der Waals surface area contributed by atoms with E-state index in [1.165, 1.54) is 4.90 Å². The summed E-state index contributed by atoms with van der Waals surface area (Å²) in [5.41, 5.74) is 2.26. The van der Waals surface area contributed by atoms with E-state index in [-0.39, 0.29) is 19.2 Å². The van der Waals surface area contributed by atoms with Crippen molar-refractivity contribution < 1.29 is 29.2 Å². The van der Waals surface area contributed by atoms with E-state index in [4.69, 9.17) is 24.2 Å². The van der Waals surface area contributed by atoms with Crippen molar-refractivity contribution in [1.29, 1.82) is 0 Å². The molecule has 0 saturated carbocycles. The number of methoxy groups -OCH3 is 3. The number of imidazole rings is 1. The number of fused-ring (bicyclic) bond motifs is 1. The Morgan fingerprint density at radius 2 is 1.89 bits per heavy atom. The molecule has 1 fully saturated rings. The number of amides is 1. The molecule has 2 aliphatic heterocycles. The predicted octanol–water partition coefficient (Wildman–Crippen LogP) is 2.43. The smallest absolute Gasteiger partial charge is 0.407 e. The summed E-state index contributed by atoms with van der Waals surface area (Å²) in [5.74, 6) is 3.13. The van der Waals surface area contributed by atoms with E-state index < -0.39 is 6.09 Å². The first-order valence-electron chi connectivity index (χ1n) is 12.3. The molecule has 0 spiro atoms. The van der Waals surface area contributed by atoms with Crippen molar-refractivity contribution in [2.75, 3.05) is 51.2 Å². The molecule has 202 valence electrons. The topological polar surface area (TPSA) is 147 Å². The Kier molecular flexibility index (Phi) is 7.09. The average Bonchev–Trinajstić information content (AvgIpc) is 3.61. The molecule has 13 nitrogen and oxygen atoms in total. The molecule has 1 amide bonds. The number of ether oxygens (including phenoxy) is 3. The summed E-state index contributed by atoms with van der Waals surface area (Å²) in [7, 11) is 4.67. The number of anilines is 3. The maximum atomic E-state index is 11.6. The highest BCUT2D eigenvalue weighted by atomic mass is 16.5. The lowest BCUT2D eigenvalue weighted by molar-refractivity contribution is 0.139. The molecule has 2 aliphatic rings. The van der Waals surface area contributed by atoms with Gasteiger partial charge in [-0.15, -0.1) is 0 Å². The van der Waals surface area contributed by atoms with Crippen LogP contribution in [-0.2, 0) is 13.0 Å². The van der Waals surface area contributed by atoms with Crippen LogP contribution in [0.25, 0.3) is 5.69 Å². The van der Waals surface area contributed by atoms with Crippen molar-refractivity contribution in [3.8, 4) is 22.9 Å². The summed E-state index contributed by atoms with van der Waals surface area (Å²) >= 11 is 0. The first-order valence-corrected chi connectivity index (χ1v) is 12.3. The van der Waals surface area contributed by atoms with Crippen molar-refractivity contribution >= 4 is 23.7 Å². The van der Waals surface area contributed by atoms with Crippen LogP contribution in [0.1, 0.15) is 24.1 Å². The van der Waals surface area contributed by atoms with Gasteiger partial charge in [0.25, 0.3) is 0 Å². The van der Waals surface area contributed by atoms with E-state index in [9.17, 15) is 15.0 Å². The summed E-state index contributed by atoms with van der Waals surface area (Å²) in [6.07, 6.45) is 4.74. The Morgan fingerprint density at radius 1 is 1.13 bits per heavy atom. The third-order valence-electron chi connectivity index (χ3n) is 6.95. The number of carbonyl (C=O) groups is 1. The number of aliphatic hydroxyl groups excluding tert-OH is 1. The molecule has 1 aromatic carbocycles. The molecule has 3 N–H and O–H groups in total. The van der Waals surface area contributed by atoms with Gasteiger partial charge in [-0.3, -0.25) is 0 Å². The summed E-state index contributed by atoms with van der Waals surface area (Å²) in [6.45, 7) is 1.25. The fraction of sp³-hybridized carbons (Fsp3) is 0.440. The van der Waals surface area contributed by atoms with Gasteiger partial charge >= 0.3 is 6.09 Å². The van der Waals surface area contributed by atoms with Crippen LogP contribution in [0.4, 0.5) is 22.4 Å². The average molecular weight is 526 g/mol. The van der Waals surface area contributed by atoms with Crippen molar-refractivity contribution in [3.05, 3.63) is 35.9 Å². The second kappa shape index (κ2) is 10.6. The SMILES string of the molecule is COc1cc(-n2cnc(Nc3nc(N4CCC[C@H]4CO)nc4c3CCN(C(=O)O)C4)c2)cc(OC)c1OC. The minimum Gasteiger partial charge on any atom is -0.493 e. The highest BCUT2D eigenvalue weighted by Gasteiger charge is 2.30. The number of benzene rings is 1. The highest BCUT2D eigenvalue weighted by molar-refractivity contribution is 5.67. The van der Waals surface area contributed by atoms with Crippen molar-refractivity contribution in [2.24, 2.45) is 0 Å². The Hall–Kier alpha value is -4.26. The quantitative estimate of drug-likeness (QED) is 0.398. The lowest BCUT2D eigenvalue weighted by Gasteiger charge is -2.29. The van der Waals surface area contributed by atoms with E-state index in [0.29, 0.717) is 53.5 Å². The molecular formula is C25H31N7O6. The van der Waals surface area contributed by atoms with Gasteiger partial charge in [-0.1, -0.05) is 0 Å². The lowest BCUT2D eigenvalue weighted by Crippen LogP contribution is -2.38. The molecule has 4 heterocycles. The number of aromatic nitrogens is 4. The van der Waals surface area contributed by atoms with Crippen molar-refractivity contribution in [2.45, 2.75) is 31.8 Å². The lowest BCUT2D eigenvalue weighted by atomic mass is 10.1. The minimum atomic E-state index is -0.983. The molecule has 13 heteroatoms. The number of nitrogens with one attached hydrogen (secondary N) is 1. The van der Waals surface area contributed by atoms with Crippen LogP contribution in [0.15, 0.2) is 24.7 Å². The van der Waals surface area contributed by atoms with Crippen molar-refractivity contribution in [1.82, 2.24) is 24.4 Å². The number of hydrogen-bond acceptors (Lipinski definition) is 10. The zero-order valence-corrected chi connectivity index (χ0v) is 21.5. The van der Waals surface area contributed by atoms with E-state index in [1.807, 2.05) is 27.8 Å². The van der Waals surface area contributed by atoms with Gasteiger partial charge in [0.1, 0.15) is 18.0 Å². The third-order valence-corrected chi connectivity index (χ3v) is 6.95. The monoisotopic (exact) mass is 525 g/mol.